The summed E-state index contributed by atoms with van der Waals surface area (Å²) in [6.07, 6.45) is 0.947. The molecule has 0 radical (unpaired) electrons. The van der Waals surface area contributed by atoms with Crippen LogP contribution in [0, 0.1) is 5.92 Å². The zero-order chi connectivity index (χ0) is 18.2. The summed E-state index contributed by atoms with van der Waals surface area (Å²) in [5.41, 5.74) is 2.34. The first kappa shape index (κ1) is 22.7. The summed E-state index contributed by atoms with van der Waals surface area (Å²) in [7, 11) is 3.47. The fraction of sp³-hybridized carbons (Fsp3) is 0.579. The van der Waals surface area contributed by atoms with Crippen molar-refractivity contribution in [3.8, 4) is 0 Å². The number of carbonyl (C=O) groups is 1. The Kier molecular flexibility index (Phi) is 9.93. The molecule has 26 heavy (non-hydrogen) atoms. The fourth-order valence-corrected chi connectivity index (χ4v) is 3.01. The molecule has 6 nitrogen and oxygen atoms in total. The number of nitrogens with zero attached hydrogens (tertiary/aromatic N) is 2. The maximum Gasteiger partial charge on any atom is 0.225 e. The standard InChI is InChI=1S/C19H30N4O2.HI/c1-14(2)18(24)23-9-8-17(12-23)22-19(20-3)21-11-15-6-5-7-16(10-15)13-25-4;/h5-7,10,14,17H,8-9,11-13H2,1-4H3,(H2,20,21,22);1H. The summed E-state index contributed by atoms with van der Waals surface area (Å²) in [5, 5.41) is 6.76. The van der Waals surface area contributed by atoms with Gasteiger partial charge in [0.2, 0.25) is 5.91 Å². The maximum absolute atomic E-state index is 12.1. The van der Waals surface area contributed by atoms with E-state index in [1.54, 1.807) is 14.2 Å². The third kappa shape index (κ3) is 6.75. The average Bonchev–Trinajstić information content (AvgIpc) is 3.07. The number of hydrogen-bond acceptors (Lipinski definition) is 3. The van der Waals surface area contributed by atoms with Crippen LogP contribution in [-0.2, 0) is 22.7 Å². The van der Waals surface area contributed by atoms with Gasteiger partial charge >= 0.3 is 0 Å². The second-order valence-electron chi connectivity index (χ2n) is 6.75. The van der Waals surface area contributed by atoms with E-state index >= 15 is 0 Å². The van der Waals surface area contributed by atoms with E-state index in [1.165, 1.54) is 5.56 Å². The molecule has 0 aliphatic carbocycles. The quantitative estimate of drug-likeness (QED) is 0.378. The van der Waals surface area contributed by atoms with Crippen LogP contribution in [0.25, 0.3) is 0 Å². The Labute approximate surface area is 173 Å². The number of benzene rings is 1. The van der Waals surface area contributed by atoms with Crippen molar-refractivity contribution in [3.05, 3.63) is 35.4 Å². The number of carbonyl (C=O) groups excluding carboxylic acids is 1. The molecule has 1 amide bonds. The number of hydrogen-bond donors (Lipinski definition) is 2. The van der Waals surface area contributed by atoms with Crippen molar-refractivity contribution in [2.45, 2.75) is 39.5 Å². The highest BCUT2D eigenvalue weighted by molar-refractivity contribution is 14.0. The van der Waals surface area contributed by atoms with E-state index < -0.39 is 0 Å². The smallest absolute Gasteiger partial charge is 0.225 e. The lowest BCUT2D eigenvalue weighted by Crippen LogP contribution is -2.45. The summed E-state index contributed by atoms with van der Waals surface area (Å²) < 4.78 is 5.18. The van der Waals surface area contributed by atoms with E-state index in [2.05, 4.69) is 33.8 Å². The van der Waals surface area contributed by atoms with Crippen molar-refractivity contribution in [2.75, 3.05) is 27.2 Å². The first-order valence-corrected chi connectivity index (χ1v) is 8.86. The molecule has 1 heterocycles. The minimum Gasteiger partial charge on any atom is -0.380 e. The van der Waals surface area contributed by atoms with E-state index in [9.17, 15) is 4.79 Å². The second-order valence-corrected chi connectivity index (χ2v) is 6.75. The van der Waals surface area contributed by atoms with Gasteiger partial charge in [0, 0.05) is 45.8 Å². The molecule has 1 unspecified atom stereocenters. The predicted octanol–water partition coefficient (Wildman–Crippen LogP) is 2.37. The van der Waals surface area contributed by atoms with E-state index in [0.717, 1.165) is 31.0 Å². The van der Waals surface area contributed by atoms with Crippen LogP contribution in [0.4, 0.5) is 0 Å². The summed E-state index contributed by atoms with van der Waals surface area (Å²) in [6, 6.07) is 8.54. The molecule has 0 saturated carbocycles. The Morgan fingerprint density at radius 1 is 1.38 bits per heavy atom. The van der Waals surface area contributed by atoms with Crippen molar-refractivity contribution in [2.24, 2.45) is 10.9 Å². The minimum absolute atomic E-state index is 0. The number of halogens is 1. The summed E-state index contributed by atoms with van der Waals surface area (Å²) in [6.45, 7) is 6.75. The van der Waals surface area contributed by atoms with Gasteiger partial charge in [0.1, 0.15) is 0 Å². The highest BCUT2D eigenvalue weighted by atomic mass is 127. The lowest BCUT2D eigenvalue weighted by Gasteiger charge is -2.20. The van der Waals surface area contributed by atoms with Gasteiger partial charge in [-0.05, 0) is 17.5 Å². The lowest BCUT2D eigenvalue weighted by molar-refractivity contribution is -0.133. The van der Waals surface area contributed by atoms with Gasteiger partial charge in [0.15, 0.2) is 5.96 Å². The van der Waals surface area contributed by atoms with Gasteiger partial charge in [-0.3, -0.25) is 9.79 Å². The van der Waals surface area contributed by atoms with Gasteiger partial charge in [0.25, 0.3) is 0 Å². The van der Waals surface area contributed by atoms with Gasteiger partial charge in [-0.15, -0.1) is 24.0 Å². The lowest BCUT2D eigenvalue weighted by atomic mass is 10.1. The van der Waals surface area contributed by atoms with Gasteiger partial charge in [-0.1, -0.05) is 38.1 Å². The van der Waals surface area contributed by atoms with Crippen LogP contribution in [0.15, 0.2) is 29.3 Å². The van der Waals surface area contributed by atoms with E-state index in [-0.39, 0.29) is 41.8 Å². The molecule has 0 spiro atoms. The first-order valence-electron chi connectivity index (χ1n) is 8.86. The zero-order valence-corrected chi connectivity index (χ0v) is 18.4. The second kappa shape index (κ2) is 11.4. The first-order chi connectivity index (χ1) is 12.0. The Bertz CT molecular complexity index is 607. The van der Waals surface area contributed by atoms with Gasteiger partial charge in [0.05, 0.1) is 6.61 Å². The highest BCUT2D eigenvalue weighted by Gasteiger charge is 2.27. The average molecular weight is 474 g/mol. The van der Waals surface area contributed by atoms with Crippen LogP contribution in [0.5, 0.6) is 0 Å². The summed E-state index contributed by atoms with van der Waals surface area (Å²) >= 11 is 0. The minimum atomic E-state index is 0. The summed E-state index contributed by atoms with van der Waals surface area (Å²) in [4.78, 5) is 18.3. The molecular formula is C19H31IN4O2. The number of amides is 1. The SMILES string of the molecule is CN=C(NCc1cccc(COC)c1)NC1CCN(C(=O)C(C)C)C1.I. The van der Waals surface area contributed by atoms with Crippen LogP contribution in [-0.4, -0.2) is 50.1 Å². The number of rotatable bonds is 6. The molecule has 1 saturated heterocycles. The monoisotopic (exact) mass is 474 g/mol. The summed E-state index contributed by atoms with van der Waals surface area (Å²) in [5.74, 6) is 1.04. The zero-order valence-electron chi connectivity index (χ0n) is 16.1. The highest BCUT2D eigenvalue weighted by Crippen LogP contribution is 2.13. The fourth-order valence-electron chi connectivity index (χ4n) is 3.01. The molecule has 7 heteroatoms. The molecular weight excluding hydrogens is 443 g/mol. The van der Waals surface area contributed by atoms with Crippen LogP contribution in [0.3, 0.4) is 0 Å². The number of aliphatic imine (C=N–C) groups is 1. The molecule has 1 aromatic carbocycles. The third-order valence-electron chi connectivity index (χ3n) is 4.32. The molecule has 1 aliphatic heterocycles. The molecule has 1 aliphatic rings. The van der Waals surface area contributed by atoms with Gasteiger partial charge in [-0.2, -0.15) is 0 Å². The van der Waals surface area contributed by atoms with Crippen molar-refractivity contribution >= 4 is 35.8 Å². The normalized spacial score (nSPS) is 17.2. The number of nitrogens with one attached hydrogen (secondary N) is 2. The number of ether oxygens (including phenoxy) is 1. The Morgan fingerprint density at radius 2 is 2.12 bits per heavy atom. The van der Waals surface area contributed by atoms with Crippen molar-refractivity contribution in [1.29, 1.82) is 0 Å². The third-order valence-corrected chi connectivity index (χ3v) is 4.32. The molecule has 146 valence electrons. The number of guanidine groups is 1. The molecule has 2 N–H and O–H groups in total. The topological polar surface area (TPSA) is 66.0 Å². The maximum atomic E-state index is 12.1. The largest absolute Gasteiger partial charge is 0.380 e. The van der Waals surface area contributed by atoms with Gasteiger partial charge < -0.3 is 20.3 Å². The molecule has 1 aromatic rings. The Hall–Kier alpha value is -1.35. The molecule has 2 rings (SSSR count). The van der Waals surface area contributed by atoms with E-state index in [0.29, 0.717) is 13.2 Å². The van der Waals surface area contributed by atoms with Crippen LogP contribution in [0.2, 0.25) is 0 Å². The van der Waals surface area contributed by atoms with Gasteiger partial charge in [-0.25, -0.2) is 0 Å². The van der Waals surface area contributed by atoms with E-state index in [4.69, 9.17) is 4.74 Å². The number of methoxy groups -OCH3 is 1. The van der Waals surface area contributed by atoms with Crippen molar-refractivity contribution in [3.63, 3.8) is 0 Å². The van der Waals surface area contributed by atoms with Crippen LogP contribution in [0.1, 0.15) is 31.4 Å². The molecule has 1 atom stereocenters. The van der Waals surface area contributed by atoms with Crippen molar-refractivity contribution < 1.29 is 9.53 Å². The molecule has 0 bridgehead atoms. The Morgan fingerprint density at radius 3 is 2.77 bits per heavy atom. The molecule has 1 fully saturated rings. The van der Waals surface area contributed by atoms with Crippen molar-refractivity contribution in [1.82, 2.24) is 15.5 Å². The Balaban J connectivity index is 0.00000338. The number of likely N-dealkylation sites (tertiary alicyclic amines) is 1. The van der Waals surface area contributed by atoms with Crippen LogP contribution < -0.4 is 10.6 Å². The predicted molar refractivity (Wildman–Crippen MR) is 116 cm³/mol. The van der Waals surface area contributed by atoms with Crippen LogP contribution >= 0.6 is 24.0 Å². The van der Waals surface area contributed by atoms with E-state index in [1.807, 2.05) is 24.8 Å². The molecule has 0 aromatic heterocycles.